The molecule has 174 valence electrons. The molecule has 1 unspecified atom stereocenters. The maximum Gasteiger partial charge on any atom is 0.229 e. The number of anilines is 1. The van der Waals surface area contributed by atoms with Crippen LogP contribution in [0.15, 0.2) is 35.3 Å². The maximum absolute atomic E-state index is 12.5. The van der Waals surface area contributed by atoms with E-state index in [0.29, 0.717) is 19.5 Å². The summed E-state index contributed by atoms with van der Waals surface area (Å²) in [7, 11) is 0. The highest BCUT2D eigenvalue weighted by Crippen LogP contribution is 2.21. The molecule has 8 nitrogen and oxygen atoms in total. The van der Waals surface area contributed by atoms with E-state index in [1.807, 2.05) is 35.2 Å². The molecule has 9 heteroatoms. The normalized spacial score (nSPS) is 18.7. The highest BCUT2D eigenvalue weighted by molar-refractivity contribution is 14.0. The molecule has 0 radical (unpaired) electrons. The molecule has 4 rings (SSSR count). The van der Waals surface area contributed by atoms with E-state index in [-0.39, 0.29) is 35.9 Å². The number of nitrogens with zero attached hydrogens (tertiary/aromatic N) is 5. The number of carbonyl (C=O) groups is 1. The Balaban J connectivity index is 0.00000289. The van der Waals surface area contributed by atoms with Crippen molar-refractivity contribution in [2.24, 2.45) is 4.99 Å². The van der Waals surface area contributed by atoms with E-state index in [2.05, 4.69) is 32.3 Å². The first-order valence-electron chi connectivity index (χ1n) is 11.6. The first-order valence-corrected chi connectivity index (χ1v) is 11.6. The topological polar surface area (TPSA) is 87.4 Å². The Labute approximate surface area is 207 Å². The van der Waals surface area contributed by atoms with Gasteiger partial charge in [0.15, 0.2) is 5.96 Å². The molecule has 1 saturated heterocycles. The first kappa shape index (κ1) is 24.5. The third-order valence-electron chi connectivity index (χ3n) is 5.89. The molecule has 2 aliphatic rings. The van der Waals surface area contributed by atoms with Gasteiger partial charge in [-0.2, -0.15) is 0 Å². The minimum atomic E-state index is 0. The Morgan fingerprint density at radius 1 is 1.19 bits per heavy atom. The van der Waals surface area contributed by atoms with E-state index in [1.54, 1.807) is 0 Å². The highest BCUT2D eigenvalue weighted by Gasteiger charge is 2.31. The van der Waals surface area contributed by atoms with Gasteiger partial charge in [0, 0.05) is 51.1 Å². The van der Waals surface area contributed by atoms with Gasteiger partial charge in [0.25, 0.3) is 0 Å². The number of guanidine groups is 1. The molecule has 1 aromatic carbocycles. The maximum atomic E-state index is 12.5. The molecule has 0 bridgehead atoms. The van der Waals surface area contributed by atoms with Crippen molar-refractivity contribution in [1.29, 1.82) is 0 Å². The van der Waals surface area contributed by atoms with Crippen LogP contribution < -0.4 is 15.5 Å². The number of aryl methyl sites for hydroxylation is 2. The molecule has 1 aromatic heterocycles. The van der Waals surface area contributed by atoms with Crippen molar-refractivity contribution in [3.63, 3.8) is 0 Å². The van der Waals surface area contributed by atoms with Gasteiger partial charge in [-0.25, -0.2) is 0 Å². The zero-order chi connectivity index (χ0) is 21.5. The van der Waals surface area contributed by atoms with Crippen LogP contribution in [0, 0.1) is 0 Å². The van der Waals surface area contributed by atoms with Crippen molar-refractivity contribution in [3.05, 3.63) is 42.0 Å². The van der Waals surface area contributed by atoms with E-state index in [0.717, 1.165) is 55.6 Å². The second-order valence-corrected chi connectivity index (χ2v) is 8.24. The van der Waals surface area contributed by atoms with Crippen LogP contribution in [0.4, 0.5) is 5.69 Å². The molecule has 1 amide bonds. The van der Waals surface area contributed by atoms with E-state index >= 15 is 0 Å². The number of hydrogen-bond acceptors (Lipinski definition) is 4. The van der Waals surface area contributed by atoms with Gasteiger partial charge in [0.2, 0.25) is 5.91 Å². The van der Waals surface area contributed by atoms with Crippen LogP contribution >= 0.6 is 24.0 Å². The summed E-state index contributed by atoms with van der Waals surface area (Å²) in [6.45, 7) is 5.24. The minimum absolute atomic E-state index is 0. The minimum Gasteiger partial charge on any atom is -0.357 e. The summed E-state index contributed by atoms with van der Waals surface area (Å²) < 4.78 is 2.31. The number of fused-ring (bicyclic) bond motifs is 1. The lowest BCUT2D eigenvalue weighted by molar-refractivity contribution is -0.117. The quantitative estimate of drug-likeness (QED) is 0.239. The van der Waals surface area contributed by atoms with E-state index in [4.69, 9.17) is 4.99 Å². The summed E-state index contributed by atoms with van der Waals surface area (Å²) in [5, 5.41) is 15.5. The third-order valence-corrected chi connectivity index (χ3v) is 5.89. The first-order chi connectivity index (χ1) is 15.2. The zero-order valence-corrected chi connectivity index (χ0v) is 21.1. The fourth-order valence-corrected chi connectivity index (χ4v) is 4.33. The van der Waals surface area contributed by atoms with Crippen LogP contribution in [0.2, 0.25) is 0 Å². The number of aliphatic imine (C=N–C) groups is 1. The number of amides is 1. The van der Waals surface area contributed by atoms with Gasteiger partial charge in [-0.15, -0.1) is 34.2 Å². The highest BCUT2D eigenvalue weighted by atomic mass is 127. The van der Waals surface area contributed by atoms with E-state index < -0.39 is 0 Å². The summed E-state index contributed by atoms with van der Waals surface area (Å²) in [6, 6.07) is 9.90. The number of aromatic nitrogens is 3. The van der Waals surface area contributed by atoms with Crippen LogP contribution in [-0.2, 0) is 24.2 Å². The average Bonchev–Trinajstić information content (AvgIpc) is 3.25. The number of carbonyl (C=O) groups excluding carboxylic acids is 1. The largest absolute Gasteiger partial charge is 0.357 e. The van der Waals surface area contributed by atoms with Crippen LogP contribution in [0.3, 0.4) is 0 Å². The predicted molar refractivity (Wildman–Crippen MR) is 138 cm³/mol. The Kier molecular flexibility index (Phi) is 9.31. The molecular formula is C23H34IN7O. The monoisotopic (exact) mass is 551 g/mol. The summed E-state index contributed by atoms with van der Waals surface area (Å²) in [5.41, 5.74) is 0.950. The average molecular weight is 551 g/mol. The second-order valence-electron chi connectivity index (χ2n) is 8.24. The fourth-order valence-electron chi connectivity index (χ4n) is 4.33. The summed E-state index contributed by atoms with van der Waals surface area (Å²) in [6.07, 6.45) is 7.03. The number of benzene rings is 1. The SMILES string of the molecule is CCNC(=NCCCc1nnc2n1CCCCC2)NC1CC(=O)N(c2ccccc2)C1.I. The van der Waals surface area contributed by atoms with Gasteiger partial charge in [0.1, 0.15) is 11.6 Å². The molecular weight excluding hydrogens is 517 g/mol. The van der Waals surface area contributed by atoms with Gasteiger partial charge >= 0.3 is 0 Å². The third kappa shape index (κ3) is 6.20. The molecule has 0 saturated carbocycles. The zero-order valence-electron chi connectivity index (χ0n) is 18.8. The summed E-state index contributed by atoms with van der Waals surface area (Å²) in [5.74, 6) is 3.15. The lowest BCUT2D eigenvalue weighted by Gasteiger charge is -2.19. The van der Waals surface area contributed by atoms with Gasteiger partial charge < -0.3 is 20.1 Å². The van der Waals surface area contributed by atoms with Gasteiger partial charge in [-0.1, -0.05) is 24.6 Å². The van der Waals surface area contributed by atoms with Crippen LogP contribution in [0.5, 0.6) is 0 Å². The summed E-state index contributed by atoms with van der Waals surface area (Å²) >= 11 is 0. The second kappa shape index (κ2) is 12.2. The molecule has 32 heavy (non-hydrogen) atoms. The van der Waals surface area contributed by atoms with Crippen molar-refractivity contribution in [2.45, 2.75) is 64.5 Å². The van der Waals surface area contributed by atoms with Crippen molar-refractivity contribution in [3.8, 4) is 0 Å². The number of halogens is 1. The molecule has 2 aliphatic heterocycles. The van der Waals surface area contributed by atoms with Gasteiger partial charge in [0.05, 0.1) is 6.04 Å². The Morgan fingerprint density at radius 3 is 2.84 bits per heavy atom. The molecule has 1 fully saturated rings. The Bertz CT molecular complexity index is 899. The Hall–Kier alpha value is -2.17. The van der Waals surface area contributed by atoms with Crippen molar-refractivity contribution in [2.75, 3.05) is 24.5 Å². The number of hydrogen-bond donors (Lipinski definition) is 2. The van der Waals surface area contributed by atoms with E-state index in [1.165, 1.54) is 19.3 Å². The van der Waals surface area contributed by atoms with Crippen LogP contribution in [-0.4, -0.2) is 52.3 Å². The van der Waals surface area contributed by atoms with Crippen LogP contribution in [0.25, 0.3) is 0 Å². The van der Waals surface area contributed by atoms with Gasteiger partial charge in [-0.3, -0.25) is 9.79 Å². The predicted octanol–water partition coefficient (Wildman–Crippen LogP) is 2.92. The molecule has 2 aromatic rings. The molecule has 1 atom stereocenters. The number of nitrogens with one attached hydrogen (secondary N) is 2. The molecule has 3 heterocycles. The molecule has 0 spiro atoms. The molecule has 2 N–H and O–H groups in total. The molecule has 0 aliphatic carbocycles. The lowest BCUT2D eigenvalue weighted by Crippen LogP contribution is -2.44. The number of para-hydroxylation sites is 1. The summed E-state index contributed by atoms with van der Waals surface area (Å²) in [4.78, 5) is 19.1. The van der Waals surface area contributed by atoms with Crippen LogP contribution in [0.1, 0.15) is 50.7 Å². The van der Waals surface area contributed by atoms with E-state index in [9.17, 15) is 4.79 Å². The van der Waals surface area contributed by atoms with Crippen molar-refractivity contribution in [1.82, 2.24) is 25.4 Å². The lowest BCUT2D eigenvalue weighted by atomic mass is 10.2. The fraction of sp³-hybridized carbons (Fsp3) is 0.565. The smallest absolute Gasteiger partial charge is 0.229 e. The Morgan fingerprint density at radius 2 is 2.03 bits per heavy atom. The van der Waals surface area contributed by atoms with Crippen molar-refractivity contribution >= 4 is 41.5 Å². The van der Waals surface area contributed by atoms with Crippen molar-refractivity contribution < 1.29 is 4.79 Å². The number of rotatable bonds is 7. The van der Waals surface area contributed by atoms with Gasteiger partial charge in [-0.05, 0) is 38.3 Å². The standard InChI is InChI=1S/C23H33N7O.HI/c1-2-24-23(26-18-16-22(31)30(17-18)19-10-5-3-6-11-19)25-14-9-13-21-28-27-20-12-7-4-8-15-29(20)21;/h3,5-6,10-11,18H,2,4,7-9,12-17H2,1H3,(H2,24,25,26);1H.